The number of aliphatic carboxylic acids is 1. The van der Waals surface area contributed by atoms with Gasteiger partial charge in [0.05, 0.1) is 6.10 Å². The second kappa shape index (κ2) is 7.04. The smallest absolute Gasteiger partial charge is 0.0602 e. The van der Waals surface area contributed by atoms with Crippen molar-refractivity contribution in [3.05, 3.63) is 0 Å². The Morgan fingerprint density at radius 1 is 1.11 bits per heavy atom. The Hall–Kier alpha value is -0.570. The topological polar surface area (TPSA) is 60.4 Å². The Balaban J connectivity index is 1.57. The number of aliphatic hydroxyl groups is 1. The van der Waals surface area contributed by atoms with Crippen LogP contribution in [0.25, 0.3) is 0 Å². The molecule has 4 aliphatic carbocycles. The molecule has 0 amide bonds. The zero-order valence-electron chi connectivity index (χ0n) is 17.6. The highest BCUT2D eigenvalue weighted by Crippen LogP contribution is 2.68. The second-order valence-electron chi connectivity index (χ2n) is 11.1. The number of hydrogen-bond acceptors (Lipinski definition) is 3. The van der Waals surface area contributed by atoms with Gasteiger partial charge in [0.1, 0.15) is 0 Å². The Morgan fingerprint density at radius 2 is 1.89 bits per heavy atom. The van der Waals surface area contributed by atoms with Crippen LogP contribution in [-0.2, 0) is 4.79 Å². The van der Waals surface area contributed by atoms with E-state index < -0.39 is 5.97 Å². The number of hydrogen-bond donors (Lipinski definition) is 1. The number of carboxylic acids is 1. The van der Waals surface area contributed by atoms with E-state index in [-0.39, 0.29) is 17.9 Å². The van der Waals surface area contributed by atoms with Crippen molar-refractivity contribution in [1.82, 2.24) is 0 Å². The molecule has 1 N–H and O–H groups in total. The van der Waals surface area contributed by atoms with Crippen LogP contribution in [0.3, 0.4) is 0 Å². The summed E-state index contributed by atoms with van der Waals surface area (Å²) in [5.74, 6) is 2.84. The molecule has 3 nitrogen and oxygen atoms in total. The van der Waals surface area contributed by atoms with E-state index in [9.17, 15) is 15.0 Å². The van der Waals surface area contributed by atoms with Gasteiger partial charge in [0.15, 0.2) is 0 Å². The molecule has 0 saturated heterocycles. The molecule has 0 aromatic rings. The zero-order chi connectivity index (χ0) is 19.4. The van der Waals surface area contributed by atoms with Crippen LogP contribution in [0.2, 0.25) is 0 Å². The van der Waals surface area contributed by atoms with Crippen LogP contribution in [0.15, 0.2) is 0 Å². The summed E-state index contributed by atoms with van der Waals surface area (Å²) in [6.45, 7) is 7.11. The lowest BCUT2D eigenvalue weighted by atomic mass is 9.44. The summed E-state index contributed by atoms with van der Waals surface area (Å²) in [7, 11) is 0. The summed E-state index contributed by atoms with van der Waals surface area (Å²) >= 11 is 0. The van der Waals surface area contributed by atoms with Crippen LogP contribution in [0.5, 0.6) is 0 Å². The number of carboxylic acid groups (broad SMARTS) is 1. The molecule has 3 heteroatoms. The number of aliphatic hydroxyl groups excluding tert-OH is 1. The summed E-state index contributed by atoms with van der Waals surface area (Å²) in [5, 5.41) is 22.4. The largest absolute Gasteiger partial charge is 0.550 e. The van der Waals surface area contributed by atoms with Gasteiger partial charge in [-0.05, 0) is 104 Å². The highest BCUT2D eigenvalue weighted by molar-refractivity contribution is 5.64. The van der Waals surface area contributed by atoms with Gasteiger partial charge in [0.2, 0.25) is 0 Å². The zero-order valence-corrected chi connectivity index (χ0v) is 17.6. The van der Waals surface area contributed by atoms with E-state index in [1.807, 2.05) is 0 Å². The first-order valence-electron chi connectivity index (χ1n) is 11.7. The molecular weight excluding hydrogens is 336 g/mol. The van der Waals surface area contributed by atoms with Gasteiger partial charge in [-0.1, -0.05) is 33.6 Å². The van der Waals surface area contributed by atoms with E-state index in [0.717, 1.165) is 24.7 Å². The fourth-order valence-electron chi connectivity index (χ4n) is 8.77. The average Bonchev–Trinajstić information content (AvgIpc) is 2.99. The summed E-state index contributed by atoms with van der Waals surface area (Å²) in [5.41, 5.74) is 0.423. The molecule has 0 spiro atoms. The fourth-order valence-corrected chi connectivity index (χ4v) is 8.77. The van der Waals surface area contributed by atoms with E-state index in [0.29, 0.717) is 35.5 Å². The summed E-state index contributed by atoms with van der Waals surface area (Å²) in [6, 6.07) is 0. The molecule has 154 valence electrons. The minimum Gasteiger partial charge on any atom is -0.550 e. The Labute approximate surface area is 165 Å². The predicted molar refractivity (Wildman–Crippen MR) is 105 cm³/mol. The molecule has 0 aliphatic heterocycles. The molecule has 27 heavy (non-hydrogen) atoms. The van der Waals surface area contributed by atoms with Crippen LogP contribution in [0.4, 0.5) is 0 Å². The monoisotopic (exact) mass is 375 g/mol. The van der Waals surface area contributed by atoms with Crippen LogP contribution in [0, 0.1) is 46.3 Å². The lowest BCUT2D eigenvalue weighted by molar-refractivity contribution is -0.306. The van der Waals surface area contributed by atoms with Crippen LogP contribution in [-0.4, -0.2) is 17.2 Å². The highest BCUT2D eigenvalue weighted by atomic mass is 16.4. The first kappa shape index (κ1) is 19.7. The lowest BCUT2D eigenvalue weighted by Crippen LogP contribution is -2.58. The van der Waals surface area contributed by atoms with Crippen LogP contribution in [0.1, 0.15) is 91.4 Å². The van der Waals surface area contributed by atoms with Crippen LogP contribution < -0.4 is 5.11 Å². The molecule has 0 radical (unpaired) electrons. The Kier molecular flexibility index (Phi) is 5.15. The molecular formula is C24H39O3-. The number of rotatable bonds is 4. The number of carbonyl (C=O) groups excluding carboxylic acids is 1. The van der Waals surface area contributed by atoms with Gasteiger partial charge in [-0.15, -0.1) is 0 Å². The maximum Gasteiger partial charge on any atom is 0.0602 e. The molecule has 0 heterocycles. The summed E-state index contributed by atoms with van der Waals surface area (Å²) < 4.78 is 0. The van der Waals surface area contributed by atoms with Crippen molar-refractivity contribution in [2.24, 2.45) is 46.3 Å². The van der Waals surface area contributed by atoms with Crippen LogP contribution >= 0.6 is 0 Å². The first-order chi connectivity index (χ1) is 12.8. The first-order valence-corrected chi connectivity index (χ1v) is 11.7. The molecule has 0 unspecified atom stereocenters. The third kappa shape index (κ3) is 2.98. The molecule has 4 fully saturated rings. The molecule has 4 saturated carbocycles. The average molecular weight is 376 g/mol. The Morgan fingerprint density at radius 3 is 2.63 bits per heavy atom. The standard InChI is InChI=1S/C24H40O3/c1-15(7-12-22(26)27)18-10-11-19-17-9-8-16-6-4-5-13-23(16,2)20(17)14-21(25)24(18,19)3/h15-21,25H,4-14H2,1-3H3,(H,26,27)/p-1/t15-,16-,17+,18+,19+,20+,21-,23-,24+/m0/s1. The maximum atomic E-state index is 11.5. The summed E-state index contributed by atoms with van der Waals surface area (Å²) in [4.78, 5) is 10.9. The van der Waals surface area contributed by atoms with Crippen molar-refractivity contribution in [2.45, 2.75) is 97.5 Å². The molecule has 9 atom stereocenters. The van der Waals surface area contributed by atoms with Crippen molar-refractivity contribution in [3.63, 3.8) is 0 Å². The lowest BCUT2D eigenvalue weighted by Gasteiger charge is -2.62. The van der Waals surface area contributed by atoms with E-state index in [4.69, 9.17) is 0 Å². The van der Waals surface area contributed by atoms with Crippen molar-refractivity contribution in [2.75, 3.05) is 0 Å². The third-order valence-corrected chi connectivity index (χ3v) is 10.3. The summed E-state index contributed by atoms with van der Waals surface area (Å²) in [6.07, 6.45) is 12.3. The quantitative estimate of drug-likeness (QED) is 0.802. The Bertz CT molecular complexity index is 574. The normalized spacial score (nSPS) is 50.4. The SMILES string of the molecule is C[C@@H](CCC(=O)[O-])[C@H]1CC[C@@H]2[C@H]3CC[C@@H]4CCCC[C@]4(C)[C@@H]3C[C@H](O)[C@@]21C. The van der Waals surface area contributed by atoms with Gasteiger partial charge in [-0.3, -0.25) is 0 Å². The number of fused-ring (bicyclic) bond motifs is 5. The van der Waals surface area contributed by atoms with Crippen molar-refractivity contribution < 1.29 is 15.0 Å². The molecule has 0 aromatic heterocycles. The van der Waals surface area contributed by atoms with Gasteiger partial charge < -0.3 is 15.0 Å². The van der Waals surface area contributed by atoms with Crippen molar-refractivity contribution in [3.8, 4) is 0 Å². The van der Waals surface area contributed by atoms with Crippen molar-refractivity contribution >= 4 is 5.97 Å². The number of carbonyl (C=O) groups is 1. The molecule has 4 aliphatic rings. The molecule has 0 aromatic carbocycles. The molecule has 0 bridgehead atoms. The molecule has 4 rings (SSSR count). The third-order valence-electron chi connectivity index (χ3n) is 10.3. The van der Waals surface area contributed by atoms with Gasteiger partial charge in [-0.2, -0.15) is 0 Å². The maximum absolute atomic E-state index is 11.5. The highest BCUT2D eigenvalue weighted by Gasteiger charge is 2.63. The van der Waals surface area contributed by atoms with Gasteiger partial charge in [0, 0.05) is 5.97 Å². The van der Waals surface area contributed by atoms with Gasteiger partial charge in [-0.25, -0.2) is 0 Å². The van der Waals surface area contributed by atoms with Gasteiger partial charge in [0.25, 0.3) is 0 Å². The minimum absolute atomic E-state index is 0.0234. The fraction of sp³-hybridized carbons (Fsp3) is 0.958. The predicted octanol–water partition coefficient (Wildman–Crippen LogP) is 4.17. The van der Waals surface area contributed by atoms with E-state index in [1.165, 1.54) is 44.9 Å². The van der Waals surface area contributed by atoms with Crippen molar-refractivity contribution in [1.29, 1.82) is 0 Å². The minimum atomic E-state index is -0.936. The van der Waals surface area contributed by atoms with Gasteiger partial charge >= 0.3 is 0 Å². The second-order valence-corrected chi connectivity index (χ2v) is 11.1. The van der Waals surface area contributed by atoms with E-state index in [2.05, 4.69) is 20.8 Å². The van der Waals surface area contributed by atoms with E-state index in [1.54, 1.807) is 0 Å². The van der Waals surface area contributed by atoms with E-state index >= 15 is 0 Å².